The van der Waals surface area contributed by atoms with Gasteiger partial charge in [-0.3, -0.25) is 4.79 Å². The molecule has 0 N–H and O–H groups in total. The first kappa shape index (κ1) is 11.7. The zero-order valence-electron chi connectivity index (χ0n) is 6.53. The largest absolute Gasteiger partial charge is 0.363 e. The molecule has 0 fully saturated rings. The van der Waals surface area contributed by atoms with Crippen LogP contribution in [0.2, 0.25) is 0 Å². The van der Waals surface area contributed by atoms with Gasteiger partial charge in [0.25, 0.3) is 0 Å². The second kappa shape index (κ2) is 4.02. The fourth-order valence-corrected chi connectivity index (χ4v) is 1.37. The number of Topliss-reactive ketones (excluding diaryl/α,β-unsaturated/α-hetero) is 1. The van der Waals surface area contributed by atoms with Crippen LogP contribution in [0.3, 0.4) is 0 Å². The lowest BCUT2D eigenvalue weighted by atomic mass is 10.1. The van der Waals surface area contributed by atoms with Crippen LogP contribution < -0.4 is 0 Å². The Balaban J connectivity index is 3.15. The molecule has 0 radical (unpaired) electrons. The van der Waals surface area contributed by atoms with E-state index in [1.807, 2.05) is 15.9 Å². The minimum atomic E-state index is -3.73. The molecule has 1 rings (SSSR count). The summed E-state index contributed by atoms with van der Waals surface area (Å²) in [7, 11) is 0. The van der Waals surface area contributed by atoms with E-state index in [1.165, 1.54) is 6.07 Å². The van der Waals surface area contributed by atoms with E-state index in [0.717, 1.165) is 12.1 Å². The molecular formula is C8H3Br2F3O. The molecule has 0 aliphatic carbocycles. The summed E-state index contributed by atoms with van der Waals surface area (Å²) in [6, 6.07) is 3.26. The van der Waals surface area contributed by atoms with E-state index in [1.54, 1.807) is 0 Å². The standard InChI is InChI=1S/C8H3Br2F3O/c9-4-1-2-5(6(11)3-4)7(14)8(10,12)13/h1-3H. The Bertz CT molecular complexity index is 373. The molecule has 1 aromatic rings. The van der Waals surface area contributed by atoms with E-state index in [0.29, 0.717) is 4.47 Å². The molecule has 0 spiro atoms. The monoisotopic (exact) mass is 330 g/mol. The van der Waals surface area contributed by atoms with Gasteiger partial charge in [-0.15, -0.1) is 0 Å². The van der Waals surface area contributed by atoms with Crippen LogP contribution in [0.15, 0.2) is 22.7 Å². The van der Waals surface area contributed by atoms with Gasteiger partial charge in [-0.05, 0) is 34.1 Å². The quantitative estimate of drug-likeness (QED) is 0.595. The van der Waals surface area contributed by atoms with Crippen molar-refractivity contribution in [3.63, 3.8) is 0 Å². The van der Waals surface area contributed by atoms with Crippen LogP contribution >= 0.6 is 31.9 Å². The van der Waals surface area contributed by atoms with Crippen LogP contribution in [-0.4, -0.2) is 10.6 Å². The molecule has 0 aliphatic rings. The lowest BCUT2D eigenvalue weighted by Crippen LogP contribution is -2.21. The maximum atomic E-state index is 13.0. The number of carbonyl (C=O) groups is 1. The molecule has 0 saturated carbocycles. The SMILES string of the molecule is O=C(c1ccc(Br)cc1F)C(F)(F)Br. The van der Waals surface area contributed by atoms with E-state index in [4.69, 9.17) is 0 Å². The molecule has 76 valence electrons. The molecule has 0 aromatic heterocycles. The molecular weight excluding hydrogens is 329 g/mol. The molecule has 0 heterocycles. The number of halogens is 5. The van der Waals surface area contributed by atoms with Gasteiger partial charge in [-0.25, -0.2) is 4.39 Å². The molecule has 6 heteroatoms. The van der Waals surface area contributed by atoms with Gasteiger partial charge in [-0.1, -0.05) is 15.9 Å². The minimum absolute atomic E-state index is 0.379. The van der Waals surface area contributed by atoms with Crippen LogP contribution in [0, 0.1) is 5.82 Å². The average Bonchev–Trinajstić information content (AvgIpc) is 2.01. The summed E-state index contributed by atoms with van der Waals surface area (Å²) in [6.45, 7) is 0. The van der Waals surface area contributed by atoms with Crippen LogP contribution in [0.1, 0.15) is 10.4 Å². The molecule has 0 aliphatic heterocycles. The molecule has 0 bridgehead atoms. The summed E-state index contributed by atoms with van der Waals surface area (Å²) in [4.78, 5) is 7.21. The molecule has 1 aromatic carbocycles. The second-order valence-electron chi connectivity index (χ2n) is 2.45. The van der Waals surface area contributed by atoms with E-state index in [2.05, 4.69) is 15.9 Å². The summed E-state index contributed by atoms with van der Waals surface area (Å²) in [6.07, 6.45) is 0. The highest BCUT2D eigenvalue weighted by Crippen LogP contribution is 2.28. The van der Waals surface area contributed by atoms with Crippen LogP contribution in [0.4, 0.5) is 13.2 Å². The summed E-state index contributed by atoms with van der Waals surface area (Å²) in [5.74, 6) is -2.58. The Morgan fingerprint density at radius 3 is 2.36 bits per heavy atom. The number of ketones is 1. The highest BCUT2D eigenvalue weighted by atomic mass is 79.9. The number of alkyl halides is 3. The third-order valence-corrected chi connectivity index (χ3v) is 2.29. The molecule has 0 amide bonds. The lowest BCUT2D eigenvalue weighted by Gasteiger charge is -2.07. The van der Waals surface area contributed by atoms with Crippen molar-refractivity contribution in [1.82, 2.24) is 0 Å². The van der Waals surface area contributed by atoms with Crippen molar-refractivity contribution >= 4 is 37.6 Å². The van der Waals surface area contributed by atoms with Gasteiger partial charge in [-0.2, -0.15) is 8.78 Å². The van der Waals surface area contributed by atoms with Crippen molar-refractivity contribution in [1.29, 1.82) is 0 Å². The lowest BCUT2D eigenvalue weighted by molar-refractivity contribution is 0.0588. The van der Waals surface area contributed by atoms with Gasteiger partial charge < -0.3 is 0 Å². The predicted molar refractivity (Wildman–Crippen MR) is 52.3 cm³/mol. The smallest absolute Gasteiger partial charge is 0.286 e. The van der Waals surface area contributed by atoms with Crippen LogP contribution in [-0.2, 0) is 0 Å². The Labute approximate surface area is 94.6 Å². The maximum absolute atomic E-state index is 13.0. The number of hydrogen-bond acceptors (Lipinski definition) is 1. The molecule has 14 heavy (non-hydrogen) atoms. The van der Waals surface area contributed by atoms with E-state index in [9.17, 15) is 18.0 Å². The number of benzene rings is 1. The average molecular weight is 332 g/mol. The Morgan fingerprint density at radius 2 is 1.93 bits per heavy atom. The third-order valence-electron chi connectivity index (χ3n) is 1.43. The maximum Gasteiger partial charge on any atom is 0.363 e. The van der Waals surface area contributed by atoms with Gasteiger partial charge >= 0.3 is 4.83 Å². The summed E-state index contributed by atoms with van der Waals surface area (Å²) in [5, 5.41) is 0. The van der Waals surface area contributed by atoms with E-state index >= 15 is 0 Å². The van der Waals surface area contributed by atoms with Crippen molar-refractivity contribution in [3.05, 3.63) is 34.1 Å². The predicted octanol–water partition coefficient (Wildman–Crippen LogP) is 3.76. The first-order valence-electron chi connectivity index (χ1n) is 3.39. The molecule has 0 saturated heterocycles. The zero-order valence-corrected chi connectivity index (χ0v) is 9.70. The summed E-state index contributed by atoms with van der Waals surface area (Å²) >= 11 is 4.82. The fraction of sp³-hybridized carbons (Fsp3) is 0.125. The van der Waals surface area contributed by atoms with Crippen molar-refractivity contribution < 1.29 is 18.0 Å². The third kappa shape index (κ3) is 2.57. The second-order valence-corrected chi connectivity index (χ2v) is 4.36. The molecule has 1 nitrogen and oxygen atoms in total. The highest BCUT2D eigenvalue weighted by Gasteiger charge is 2.37. The summed E-state index contributed by atoms with van der Waals surface area (Å²) in [5.41, 5.74) is -0.643. The zero-order chi connectivity index (χ0) is 10.9. The van der Waals surface area contributed by atoms with Crippen molar-refractivity contribution in [2.24, 2.45) is 0 Å². The van der Waals surface area contributed by atoms with E-state index in [-0.39, 0.29) is 0 Å². The van der Waals surface area contributed by atoms with Gasteiger partial charge in [0.05, 0.1) is 5.56 Å². The Morgan fingerprint density at radius 1 is 1.36 bits per heavy atom. The van der Waals surface area contributed by atoms with Crippen LogP contribution in [0.25, 0.3) is 0 Å². The van der Waals surface area contributed by atoms with Crippen molar-refractivity contribution in [2.75, 3.05) is 0 Å². The number of rotatable bonds is 2. The summed E-state index contributed by atoms with van der Waals surface area (Å²) < 4.78 is 38.3. The van der Waals surface area contributed by atoms with Gasteiger partial charge in [0.15, 0.2) is 0 Å². The normalized spacial score (nSPS) is 11.5. The first-order valence-corrected chi connectivity index (χ1v) is 4.97. The topological polar surface area (TPSA) is 17.1 Å². The van der Waals surface area contributed by atoms with Gasteiger partial charge in [0.1, 0.15) is 5.82 Å². The van der Waals surface area contributed by atoms with Gasteiger partial charge in [0.2, 0.25) is 5.78 Å². The number of carbonyl (C=O) groups excluding carboxylic acids is 1. The van der Waals surface area contributed by atoms with Crippen LogP contribution in [0.5, 0.6) is 0 Å². The van der Waals surface area contributed by atoms with Gasteiger partial charge in [0, 0.05) is 4.47 Å². The highest BCUT2D eigenvalue weighted by molar-refractivity contribution is 9.10. The number of hydrogen-bond donors (Lipinski definition) is 0. The van der Waals surface area contributed by atoms with E-state index < -0.39 is 22.0 Å². The fourth-order valence-electron chi connectivity index (χ4n) is 0.826. The van der Waals surface area contributed by atoms with Crippen molar-refractivity contribution in [2.45, 2.75) is 4.83 Å². The molecule has 0 atom stereocenters. The van der Waals surface area contributed by atoms with Crippen molar-refractivity contribution in [3.8, 4) is 0 Å². The molecule has 0 unspecified atom stereocenters. The first-order chi connectivity index (χ1) is 6.32. The minimum Gasteiger partial charge on any atom is -0.286 e. The Hall–Kier alpha value is -0.360. The Kier molecular flexibility index (Phi) is 3.36.